The molecule has 34 heavy (non-hydrogen) atoms. The van der Waals surface area contributed by atoms with Gasteiger partial charge >= 0.3 is 0 Å². The van der Waals surface area contributed by atoms with Crippen LogP contribution in [0, 0.1) is 39.7 Å². The molecular formula is C27H16ClF2N3O. The van der Waals surface area contributed by atoms with Crippen molar-refractivity contribution in [3.63, 3.8) is 0 Å². The summed E-state index contributed by atoms with van der Waals surface area (Å²) < 4.78 is 28.9. The fourth-order valence-electron chi connectivity index (χ4n) is 5.14. The lowest BCUT2D eigenvalue weighted by Crippen LogP contribution is -2.44. The predicted molar refractivity (Wildman–Crippen MR) is 124 cm³/mol. The fourth-order valence-corrected chi connectivity index (χ4v) is 5.42. The first-order valence-corrected chi connectivity index (χ1v) is 10.9. The minimum absolute atomic E-state index is 0.0221. The lowest BCUT2D eigenvalue weighted by atomic mass is 9.69. The highest BCUT2D eigenvalue weighted by Gasteiger charge is 2.64. The number of benzene rings is 3. The van der Waals surface area contributed by atoms with Gasteiger partial charge in [-0.2, -0.15) is 10.5 Å². The van der Waals surface area contributed by atoms with Crippen LogP contribution in [0.4, 0.5) is 14.5 Å². The van der Waals surface area contributed by atoms with Crippen molar-refractivity contribution in [1.82, 2.24) is 0 Å². The lowest BCUT2D eigenvalue weighted by Gasteiger charge is -2.35. The highest BCUT2D eigenvalue weighted by atomic mass is 35.5. The zero-order chi connectivity index (χ0) is 24.0. The molecule has 3 aromatic rings. The average Bonchev–Trinajstić information content (AvgIpc) is 3.14. The number of rotatable bonds is 3. The maximum absolute atomic E-state index is 15.3. The van der Waals surface area contributed by atoms with Crippen molar-refractivity contribution < 1.29 is 13.6 Å². The number of hydrogen-bond donors (Lipinski definition) is 0. The van der Waals surface area contributed by atoms with Crippen LogP contribution in [-0.2, 0) is 0 Å². The number of hydrogen-bond acceptors (Lipinski definition) is 4. The van der Waals surface area contributed by atoms with Gasteiger partial charge < -0.3 is 4.90 Å². The van der Waals surface area contributed by atoms with Gasteiger partial charge in [-0.15, -0.1) is 0 Å². The SMILES string of the molecule is N#CC1(C#N)C(c2c(F)cccc2Cl)[C@@H](C(=O)c2ccc(F)cc2)N2c3ccccc3C=C[C@@H]21. The van der Waals surface area contributed by atoms with Gasteiger partial charge in [-0.1, -0.05) is 48.0 Å². The van der Waals surface area contributed by atoms with Crippen molar-refractivity contribution in [1.29, 1.82) is 10.5 Å². The van der Waals surface area contributed by atoms with E-state index >= 15 is 4.39 Å². The Morgan fingerprint density at radius 3 is 2.35 bits per heavy atom. The summed E-state index contributed by atoms with van der Waals surface area (Å²) in [5.74, 6) is -2.90. The summed E-state index contributed by atoms with van der Waals surface area (Å²) in [5.41, 5.74) is -0.272. The summed E-state index contributed by atoms with van der Waals surface area (Å²) in [6.45, 7) is 0. The molecule has 1 fully saturated rings. The van der Waals surface area contributed by atoms with Crippen LogP contribution in [0.1, 0.15) is 27.4 Å². The molecule has 3 aromatic carbocycles. The molecule has 0 saturated carbocycles. The molecule has 166 valence electrons. The molecule has 1 unspecified atom stereocenters. The number of nitrogens with zero attached hydrogens (tertiary/aromatic N) is 3. The monoisotopic (exact) mass is 471 g/mol. The van der Waals surface area contributed by atoms with Crippen molar-refractivity contribution in [3.8, 4) is 12.1 Å². The van der Waals surface area contributed by atoms with E-state index in [4.69, 9.17) is 11.6 Å². The molecule has 4 nitrogen and oxygen atoms in total. The topological polar surface area (TPSA) is 67.9 Å². The smallest absolute Gasteiger partial charge is 0.185 e. The van der Waals surface area contributed by atoms with Crippen LogP contribution in [0.5, 0.6) is 0 Å². The molecule has 0 spiro atoms. The van der Waals surface area contributed by atoms with Crippen LogP contribution in [0.15, 0.2) is 72.8 Å². The third-order valence-corrected chi connectivity index (χ3v) is 6.95. The van der Waals surface area contributed by atoms with Gasteiger partial charge in [-0.05, 0) is 48.0 Å². The van der Waals surface area contributed by atoms with Crippen molar-refractivity contribution in [2.24, 2.45) is 5.41 Å². The van der Waals surface area contributed by atoms with Gasteiger partial charge in [0.1, 0.15) is 17.7 Å². The molecule has 1 saturated heterocycles. The molecule has 0 N–H and O–H groups in total. The second-order valence-electron chi connectivity index (χ2n) is 8.29. The predicted octanol–water partition coefficient (Wildman–Crippen LogP) is 5.90. The number of ketones is 1. The fraction of sp³-hybridized carbons (Fsp3) is 0.148. The Labute approximate surface area is 199 Å². The second-order valence-corrected chi connectivity index (χ2v) is 8.70. The first-order valence-electron chi connectivity index (χ1n) is 10.5. The first-order chi connectivity index (χ1) is 16.4. The van der Waals surface area contributed by atoms with Gasteiger partial charge in [0.05, 0.1) is 24.1 Å². The largest absolute Gasteiger partial charge is 0.351 e. The molecule has 3 atom stereocenters. The lowest BCUT2D eigenvalue weighted by molar-refractivity contribution is 0.0950. The molecule has 0 bridgehead atoms. The normalized spacial score (nSPS) is 21.8. The third kappa shape index (κ3) is 3.04. The number of para-hydroxylation sites is 1. The Morgan fingerprint density at radius 2 is 1.68 bits per heavy atom. The van der Waals surface area contributed by atoms with Crippen molar-refractivity contribution in [2.45, 2.75) is 18.0 Å². The van der Waals surface area contributed by atoms with E-state index in [1.165, 1.54) is 30.3 Å². The maximum Gasteiger partial charge on any atom is 0.185 e. The van der Waals surface area contributed by atoms with E-state index in [1.54, 1.807) is 29.2 Å². The van der Waals surface area contributed by atoms with Crippen LogP contribution in [0.3, 0.4) is 0 Å². The van der Waals surface area contributed by atoms with E-state index in [-0.39, 0.29) is 16.1 Å². The van der Waals surface area contributed by atoms with E-state index in [0.29, 0.717) is 5.69 Å². The Kier molecular flexibility index (Phi) is 5.20. The molecule has 2 aliphatic heterocycles. The van der Waals surface area contributed by atoms with Crippen LogP contribution in [0.25, 0.3) is 6.08 Å². The summed E-state index contributed by atoms with van der Waals surface area (Å²) in [6, 6.07) is 18.6. The number of Topliss-reactive ketones (excluding diaryl/α,β-unsaturated/α-hetero) is 1. The zero-order valence-electron chi connectivity index (χ0n) is 17.6. The van der Waals surface area contributed by atoms with Crippen LogP contribution < -0.4 is 4.90 Å². The minimum Gasteiger partial charge on any atom is -0.351 e. The van der Waals surface area contributed by atoms with E-state index in [1.807, 2.05) is 12.1 Å². The molecule has 2 heterocycles. The molecule has 0 amide bonds. The van der Waals surface area contributed by atoms with Gasteiger partial charge in [0, 0.05) is 21.8 Å². The van der Waals surface area contributed by atoms with E-state index in [9.17, 15) is 19.7 Å². The maximum atomic E-state index is 15.3. The first kappa shape index (κ1) is 21.8. The van der Waals surface area contributed by atoms with Gasteiger partial charge in [-0.3, -0.25) is 4.79 Å². The van der Waals surface area contributed by atoms with Crippen LogP contribution >= 0.6 is 11.6 Å². The van der Waals surface area contributed by atoms with Crippen LogP contribution in [-0.4, -0.2) is 17.9 Å². The second kappa shape index (κ2) is 8.09. The number of carbonyl (C=O) groups is 1. The summed E-state index contributed by atoms with van der Waals surface area (Å²) in [4.78, 5) is 15.7. The summed E-state index contributed by atoms with van der Waals surface area (Å²) in [5, 5.41) is 20.8. The van der Waals surface area contributed by atoms with Gasteiger partial charge in [-0.25, -0.2) is 8.78 Å². The average molecular weight is 472 g/mol. The highest BCUT2D eigenvalue weighted by Crippen LogP contribution is 2.56. The number of carbonyl (C=O) groups excluding carboxylic acids is 1. The number of nitriles is 2. The summed E-state index contributed by atoms with van der Waals surface area (Å²) in [7, 11) is 0. The minimum atomic E-state index is -1.82. The van der Waals surface area contributed by atoms with Crippen molar-refractivity contribution >= 4 is 29.1 Å². The Bertz CT molecular complexity index is 1390. The highest BCUT2D eigenvalue weighted by molar-refractivity contribution is 6.31. The van der Waals surface area contributed by atoms with E-state index in [0.717, 1.165) is 17.7 Å². The molecule has 2 aliphatic rings. The molecule has 0 aromatic heterocycles. The zero-order valence-corrected chi connectivity index (χ0v) is 18.4. The van der Waals surface area contributed by atoms with E-state index < -0.39 is 40.8 Å². The number of anilines is 1. The molecule has 7 heteroatoms. The van der Waals surface area contributed by atoms with Crippen molar-refractivity contribution in [3.05, 3.63) is 106 Å². The van der Waals surface area contributed by atoms with E-state index in [2.05, 4.69) is 12.1 Å². The van der Waals surface area contributed by atoms with Crippen molar-refractivity contribution in [2.75, 3.05) is 4.90 Å². The third-order valence-electron chi connectivity index (χ3n) is 6.62. The van der Waals surface area contributed by atoms with Gasteiger partial charge in [0.15, 0.2) is 11.2 Å². The Morgan fingerprint density at radius 1 is 0.971 bits per heavy atom. The Hall–Kier alpha value is -4.00. The van der Waals surface area contributed by atoms with Crippen LogP contribution in [0.2, 0.25) is 5.02 Å². The number of halogens is 3. The molecule has 0 radical (unpaired) electrons. The summed E-state index contributed by atoms with van der Waals surface area (Å²) in [6.07, 6.45) is 3.50. The molecule has 0 aliphatic carbocycles. The molecule has 5 rings (SSSR count). The standard InChI is InChI=1S/C27H16ClF2N3O/c28-19-5-3-6-20(30)23(19)24-25(26(34)17-8-11-18(29)12-9-17)33-21-7-2-1-4-16(21)10-13-22(33)27(24,14-31)15-32/h1-13,22,24-25H/t22-,24?,25+/m1/s1. The summed E-state index contributed by atoms with van der Waals surface area (Å²) >= 11 is 6.43. The Balaban J connectivity index is 1.83. The van der Waals surface area contributed by atoms with Gasteiger partial charge in [0.2, 0.25) is 0 Å². The van der Waals surface area contributed by atoms with Gasteiger partial charge in [0.25, 0.3) is 0 Å². The number of fused-ring (bicyclic) bond motifs is 3. The molecular weight excluding hydrogens is 456 g/mol. The quantitative estimate of drug-likeness (QED) is 0.446.